The zero-order valence-corrected chi connectivity index (χ0v) is 10.2. The van der Waals surface area contributed by atoms with E-state index in [-0.39, 0.29) is 5.75 Å². The van der Waals surface area contributed by atoms with Gasteiger partial charge in [0.25, 0.3) is 0 Å². The summed E-state index contributed by atoms with van der Waals surface area (Å²) >= 11 is 3.22. The maximum absolute atomic E-state index is 9.75. The normalized spacial score (nSPS) is 14.9. The van der Waals surface area contributed by atoms with Gasteiger partial charge in [-0.25, -0.2) is 0 Å². The van der Waals surface area contributed by atoms with E-state index in [1.165, 1.54) is 0 Å². The number of nitrogens with two attached hydrogens (primary N) is 1. The van der Waals surface area contributed by atoms with Crippen LogP contribution in [0, 0.1) is 0 Å². The van der Waals surface area contributed by atoms with Crippen molar-refractivity contribution in [2.75, 3.05) is 0 Å². The number of aromatic hydroxyl groups is 1. The second-order valence-corrected chi connectivity index (χ2v) is 4.41. The summed E-state index contributed by atoms with van der Waals surface area (Å²) < 4.78 is 0.596. The van der Waals surface area contributed by atoms with Gasteiger partial charge in [-0.15, -0.1) is 0 Å². The molecule has 15 heavy (non-hydrogen) atoms. The first kappa shape index (κ1) is 12.5. The van der Waals surface area contributed by atoms with E-state index in [1.807, 2.05) is 6.92 Å². The van der Waals surface area contributed by atoms with Crippen LogP contribution in [0.2, 0.25) is 0 Å². The molecule has 0 aliphatic rings. The molecule has 0 aromatic heterocycles. The average Bonchev–Trinajstić information content (AvgIpc) is 2.21. The average molecular weight is 274 g/mol. The van der Waals surface area contributed by atoms with Crippen LogP contribution in [0.4, 0.5) is 0 Å². The summed E-state index contributed by atoms with van der Waals surface area (Å²) in [5.74, 6) is 0.111. The smallest absolute Gasteiger partial charge is 0.134 e. The standard InChI is InChI=1S/C11H16BrNO2/c1-2-4-9(14)10(13)7-5-3-6-8(12)11(7)15/h3,5-6,9-10,14-15H,2,4,13H2,1H3/t9-,10+/m1/s1. The third kappa shape index (κ3) is 2.93. The molecule has 4 heteroatoms. The summed E-state index contributed by atoms with van der Waals surface area (Å²) in [6.07, 6.45) is 0.881. The SMILES string of the molecule is CCC[C@@H](O)[C@@H](N)c1cccc(Br)c1O. The number of benzene rings is 1. The van der Waals surface area contributed by atoms with Crippen LogP contribution >= 0.6 is 15.9 Å². The van der Waals surface area contributed by atoms with Crippen LogP contribution in [0.15, 0.2) is 22.7 Å². The Bertz CT molecular complexity index is 330. The quantitative estimate of drug-likeness (QED) is 0.789. The maximum Gasteiger partial charge on any atom is 0.134 e. The minimum atomic E-state index is -0.616. The maximum atomic E-state index is 9.75. The van der Waals surface area contributed by atoms with E-state index >= 15 is 0 Å². The molecule has 0 unspecified atom stereocenters. The number of phenolic OH excluding ortho intramolecular Hbond substituents is 1. The molecule has 0 bridgehead atoms. The molecular weight excluding hydrogens is 258 g/mol. The summed E-state index contributed by atoms with van der Waals surface area (Å²) in [6.45, 7) is 1.98. The molecule has 0 fully saturated rings. The van der Waals surface area contributed by atoms with Crippen molar-refractivity contribution in [2.24, 2.45) is 5.73 Å². The van der Waals surface area contributed by atoms with Crippen molar-refractivity contribution in [3.8, 4) is 5.75 Å². The lowest BCUT2D eigenvalue weighted by Crippen LogP contribution is -2.26. The lowest BCUT2D eigenvalue weighted by atomic mass is 9.98. The Morgan fingerprint density at radius 2 is 2.13 bits per heavy atom. The second-order valence-electron chi connectivity index (χ2n) is 3.56. The summed E-state index contributed by atoms with van der Waals surface area (Å²) in [5, 5.41) is 19.5. The predicted octanol–water partition coefficient (Wildman–Crippen LogP) is 2.32. The number of aliphatic hydroxyl groups is 1. The first-order valence-electron chi connectivity index (χ1n) is 4.99. The van der Waals surface area contributed by atoms with Crippen LogP contribution in [0.1, 0.15) is 31.4 Å². The van der Waals surface area contributed by atoms with Gasteiger partial charge in [-0.3, -0.25) is 0 Å². The first-order chi connectivity index (χ1) is 7.07. The predicted molar refractivity (Wildman–Crippen MR) is 63.7 cm³/mol. The lowest BCUT2D eigenvalue weighted by molar-refractivity contribution is 0.133. The zero-order valence-electron chi connectivity index (χ0n) is 8.65. The van der Waals surface area contributed by atoms with Crippen LogP contribution in [0.5, 0.6) is 5.75 Å². The number of phenols is 1. The van der Waals surface area contributed by atoms with Crippen molar-refractivity contribution in [3.05, 3.63) is 28.2 Å². The molecule has 0 radical (unpaired) electrons. The summed E-state index contributed by atoms with van der Waals surface area (Å²) in [4.78, 5) is 0. The number of hydrogen-bond donors (Lipinski definition) is 3. The van der Waals surface area contributed by atoms with Crippen LogP contribution in [0.25, 0.3) is 0 Å². The van der Waals surface area contributed by atoms with Crippen LogP contribution < -0.4 is 5.73 Å². The van der Waals surface area contributed by atoms with Gasteiger partial charge in [0.2, 0.25) is 0 Å². The van der Waals surface area contributed by atoms with Gasteiger partial charge in [0.1, 0.15) is 5.75 Å². The van der Waals surface area contributed by atoms with Crippen molar-refractivity contribution in [1.82, 2.24) is 0 Å². The summed E-state index contributed by atoms with van der Waals surface area (Å²) in [6, 6.07) is 4.71. The molecular formula is C11H16BrNO2. The van der Waals surface area contributed by atoms with Gasteiger partial charge in [-0.2, -0.15) is 0 Å². The number of hydrogen-bond acceptors (Lipinski definition) is 3. The molecule has 4 N–H and O–H groups in total. The molecule has 3 nitrogen and oxygen atoms in total. The molecule has 0 saturated heterocycles. The van der Waals surface area contributed by atoms with Gasteiger partial charge in [0, 0.05) is 5.56 Å². The van der Waals surface area contributed by atoms with Gasteiger partial charge in [0.15, 0.2) is 0 Å². The molecule has 0 amide bonds. The third-order valence-electron chi connectivity index (χ3n) is 2.38. The Morgan fingerprint density at radius 3 is 2.73 bits per heavy atom. The van der Waals surface area contributed by atoms with Crippen LogP contribution in [0.3, 0.4) is 0 Å². The Balaban J connectivity index is 2.90. The van der Waals surface area contributed by atoms with Crippen molar-refractivity contribution < 1.29 is 10.2 Å². The minimum Gasteiger partial charge on any atom is -0.506 e. The van der Waals surface area contributed by atoms with Crippen molar-refractivity contribution in [2.45, 2.75) is 31.9 Å². The highest BCUT2D eigenvalue weighted by atomic mass is 79.9. The van der Waals surface area contributed by atoms with E-state index in [0.717, 1.165) is 6.42 Å². The molecule has 0 aliphatic carbocycles. The molecule has 1 aromatic rings. The Hall–Kier alpha value is -0.580. The number of halogens is 1. The van der Waals surface area contributed by atoms with E-state index in [0.29, 0.717) is 16.5 Å². The monoisotopic (exact) mass is 273 g/mol. The van der Waals surface area contributed by atoms with Gasteiger partial charge in [-0.05, 0) is 28.4 Å². The molecule has 84 valence electrons. The Labute approximate surface area is 98.1 Å². The number of rotatable bonds is 4. The molecule has 2 atom stereocenters. The third-order valence-corrected chi connectivity index (χ3v) is 3.02. The number of aliphatic hydroxyl groups excluding tert-OH is 1. The highest BCUT2D eigenvalue weighted by Gasteiger charge is 2.19. The van der Waals surface area contributed by atoms with E-state index in [2.05, 4.69) is 15.9 Å². The highest BCUT2D eigenvalue weighted by molar-refractivity contribution is 9.10. The minimum absolute atomic E-state index is 0.111. The molecule has 1 rings (SSSR count). The van der Waals surface area contributed by atoms with Crippen molar-refractivity contribution in [1.29, 1.82) is 0 Å². The molecule has 0 heterocycles. The highest BCUT2D eigenvalue weighted by Crippen LogP contribution is 2.32. The van der Waals surface area contributed by atoms with Crippen LogP contribution in [-0.2, 0) is 0 Å². The van der Waals surface area contributed by atoms with E-state index in [4.69, 9.17) is 5.73 Å². The van der Waals surface area contributed by atoms with Gasteiger partial charge in [0.05, 0.1) is 16.6 Å². The largest absolute Gasteiger partial charge is 0.506 e. The van der Waals surface area contributed by atoms with E-state index < -0.39 is 12.1 Å². The second kappa shape index (κ2) is 5.49. The van der Waals surface area contributed by atoms with Gasteiger partial charge < -0.3 is 15.9 Å². The van der Waals surface area contributed by atoms with E-state index in [1.54, 1.807) is 18.2 Å². The van der Waals surface area contributed by atoms with Crippen molar-refractivity contribution in [3.63, 3.8) is 0 Å². The molecule has 1 aromatic carbocycles. The summed E-state index contributed by atoms with van der Waals surface area (Å²) in [5.41, 5.74) is 6.44. The Kier molecular flexibility index (Phi) is 4.57. The molecule has 0 saturated carbocycles. The fraction of sp³-hybridized carbons (Fsp3) is 0.455. The fourth-order valence-corrected chi connectivity index (χ4v) is 1.87. The lowest BCUT2D eigenvalue weighted by Gasteiger charge is -2.19. The first-order valence-corrected chi connectivity index (χ1v) is 5.78. The van der Waals surface area contributed by atoms with Gasteiger partial charge in [-0.1, -0.05) is 25.5 Å². The van der Waals surface area contributed by atoms with Gasteiger partial charge >= 0.3 is 0 Å². The zero-order chi connectivity index (χ0) is 11.4. The van der Waals surface area contributed by atoms with Crippen molar-refractivity contribution >= 4 is 15.9 Å². The Morgan fingerprint density at radius 1 is 1.47 bits per heavy atom. The summed E-state index contributed by atoms with van der Waals surface area (Å²) in [7, 11) is 0. The van der Waals surface area contributed by atoms with Crippen LogP contribution in [-0.4, -0.2) is 16.3 Å². The topological polar surface area (TPSA) is 66.5 Å². The molecule has 0 aliphatic heterocycles. The van der Waals surface area contributed by atoms with E-state index in [9.17, 15) is 10.2 Å². The fourth-order valence-electron chi connectivity index (χ4n) is 1.48. The number of para-hydroxylation sites is 1. The molecule has 0 spiro atoms.